The molecule has 0 spiro atoms. The second kappa shape index (κ2) is 18.6. The van der Waals surface area contributed by atoms with E-state index in [1.54, 1.807) is 0 Å². The van der Waals surface area contributed by atoms with Gasteiger partial charge in [-0.25, -0.2) is 0 Å². The van der Waals surface area contributed by atoms with Gasteiger partial charge in [-0.2, -0.15) is 0 Å². The molecule has 0 amide bonds. The van der Waals surface area contributed by atoms with E-state index in [9.17, 15) is 9.90 Å². The Morgan fingerprint density at radius 3 is 1.98 bits per heavy atom. The molecule has 0 aliphatic heterocycles. The molecule has 4 nitrogen and oxygen atoms in total. The zero-order valence-corrected chi connectivity index (χ0v) is 37.7. The van der Waals surface area contributed by atoms with Crippen LogP contribution in [-0.2, 0) is 24.9 Å². The third-order valence-electron chi connectivity index (χ3n) is 10.7. The standard InChI is InChI=1S/C36H29GeN2.C13H24O2.Ir/c1-37(2,3)27-19-21-33-32(23-27)31(25-12-6-4-7-13-25)24-34(38-33)26-18-20-30-29-16-10-11-17-35(29)39(36(30)22-26)28-14-8-5-9-15-28;1-5-10(6-2)12(14)9-13(15)11(7-3)8-4;/h4-17,19-24H,1-3H3;9-11,14H,5-8H2,1-4H3;/q-1;;/b;12-9-;. The molecule has 55 heavy (non-hydrogen) atoms. The number of hydrogen-bond donors (Lipinski definition) is 1. The predicted molar refractivity (Wildman–Crippen MR) is 233 cm³/mol. The van der Waals surface area contributed by atoms with E-state index in [0.29, 0.717) is 0 Å². The Morgan fingerprint density at radius 2 is 1.35 bits per heavy atom. The summed E-state index contributed by atoms with van der Waals surface area (Å²) in [6.45, 7) is 8.07. The molecule has 0 unspecified atom stereocenters. The van der Waals surface area contributed by atoms with Crippen LogP contribution in [0.1, 0.15) is 53.4 Å². The van der Waals surface area contributed by atoms with Crippen molar-refractivity contribution in [2.75, 3.05) is 0 Å². The number of nitrogens with zero attached hydrogens (tertiary/aromatic N) is 2. The van der Waals surface area contributed by atoms with E-state index in [0.717, 1.165) is 53.7 Å². The molecule has 0 fully saturated rings. The number of aliphatic hydroxyl groups excluding tert-OH is 1. The van der Waals surface area contributed by atoms with E-state index in [1.807, 2.05) is 27.7 Å². The van der Waals surface area contributed by atoms with Gasteiger partial charge in [-0.1, -0.05) is 58.0 Å². The van der Waals surface area contributed by atoms with Crippen LogP contribution in [0.2, 0.25) is 17.3 Å². The molecule has 0 saturated carbocycles. The van der Waals surface area contributed by atoms with Crippen molar-refractivity contribution in [3.05, 3.63) is 139 Å². The molecule has 7 aromatic rings. The predicted octanol–water partition coefficient (Wildman–Crippen LogP) is 12.9. The van der Waals surface area contributed by atoms with E-state index in [1.165, 1.54) is 43.3 Å². The van der Waals surface area contributed by atoms with Gasteiger partial charge in [0.2, 0.25) is 0 Å². The molecule has 7 rings (SSSR count). The first kappa shape index (κ1) is 41.9. The summed E-state index contributed by atoms with van der Waals surface area (Å²) in [5.41, 5.74) is 8.91. The molecular formula is C49H53GeIrN2O2-. The van der Waals surface area contributed by atoms with Crippen molar-refractivity contribution in [3.8, 4) is 28.1 Å². The van der Waals surface area contributed by atoms with Gasteiger partial charge in [-0.05, 0) is 25.7 Å². The number of aliphatic hydroxyl groups is 1. The van der Waals surface area contributed by atoms with Gasteiger partial charge in [-0.15, -0.1) is 0 Å². The third kappa shape index (κ3) is 9.23. The Bertz CT molecular complexity index is 2400. The van der Waals surface area contributed by atoms with E-state index in [4.69, 9.17) is 4.98 Å². The van der Waals surface area contributed by atoms with Gasteiger partial charge in [-0.3, -0.25) is 4.79 Å². The molecule has 0 atom stereocenters. The third-order valence-corrected chi connectivity index (χ3v) is 15.0. The van der Waals surface area contributed by atoms with Crippen molar-refractivity contribution in [1.29, 1.82) is 0 Å². The molecule has 1 N–H and O–H groups in total. The van der Waals surface area contributed by atoms with Gasteiger partial charge in [0, 0.05) is 38.0 Å². The second-order valence-corrected chi connectivity index (χ2v) is 25.9. The van der Waals surface area contributed by atoms with Crippen molar-refractivity contribution >= 4 is 56.2 Å². The Balaban J connectivity index is 0.000000311. The number of para-hydroxylation sites is 2. The summed E-state index contributed by atoms with van der Waals surface area (Å²) >= 11 is -2.01. The smallest absolute Gasteiger partial charge is 0 e. The SMILES string of the molecule is CCC(CC)C(=O)/C=C(\O)C(CC)CC.[CH3][Ge]([CH3])([CH3])[c]1ccc2nc(-c3[c-]cc4c5ccccc5n(-c5ccccc5)c4c3)cc(-c3ccccc3)c2c1.[Ir]. The Hall–Kier alpha value is -4.29. The maximum absolute atomic E-state index is 11.7. The van der Waals surface area contributed by atoms with Gasteiger partial charge in [0.25, 0.3) is 0 Å². The van der Waals surface area contributed by atoms with Crippen molar-refractivity contribution in [3.63, 3.8) is 0 Å². The van der Waals surface area contributed by atoms with Gasteiger partial charge >= 0.3 is 202 Å². The molecule has 5 aromatic carbocycles. The summed E-state index contributed by atoms with van der Waals surface area (Å²) in [6.07, 6.45) is 4.91. The Morgan fingerprint density at radius 1 is 0.727 bits per heavy atom. The van der Waals surface area contributed by atoms with Gasteiger partial charge in [0.05, 0.1) is 5.76 Å². The first-order valence-electron chi connectivity index (χ1n) is 19.5. The molecule has 0 aliphatic rings. The summed E-state index contributed by atoms with van der Waals surface area (Å²) in [5.74, 6) is 7.88. The van der Waals surface area contributed by atoms with Crippen molar-refractivity contribution < 1.29 is 30.0 Å². The van der Waals surface area contributed by atoms with E-state index in [2.05, 4.69) is 149 Å². The van der Waals surface area contributed by atoms with Crippen LogP contribution in [0.4, 0.5) is 0 Å². The number of rotatable bonds is 11. The molecular weight excluding hydrogens is 913 g/mol. The normalized spacial score (nSPS) is 11.9. The van der Waals surface area contributed by atoms with E-state index in [-0.39, 0.29) is 43.5 Å². The average Bonchev–Trinajstić information content (AvgIpc) is 3.52. The van der Waals surface area contributed by atoms with Crippen molar-refractivity contribution in [2.45, 2.75) is 70.6 Å². The Kier molecular flexibility index (Phi) is 14.1. The molecule has 2 aromatic heterocycles. The Labute approximate surface area is 343 Å². The van der Waals surface area contributed by atoms with Crippen LogP contribution in [0, 0.1) is 17.9 Å². The summed E-state index contributed by atoms with van der Waals surface area (Å²) in [4.78, 5) is 16.9. The maximum Gasteiger partial charge on any atom is 0 e. The number of ketones is 1. The minimum atomic E-state index is -2.01. The van der Waals surface area contributed by atoms with Gasteiger partial charge < -0.3 is 5.11 Å². The average molecular weight is 967 g/mol. The number of fused-ring (bicyclic) bond motifs is 4. The van der Waals surface area contributed by atoms with E-state index >= 15 is 0 Å². The zero-order chi connectivity index (χ0) is 38.4. The molecule has 0 bridgehead atoms. The molecule has 285 valence electrons. The summed E-state index contributed by atoms with van der Waals surface area (Å²) < 4.78 is 3.85. The fourth-order valence-corrected chi connectivity index (χ4v) is 9.81. The second-order valence-electron chi connectivity index (χ2n) is 15.2. The van der Waals surface area contributed by atoms with Crippen LogP contribution >= 0.6 is 0 Å². The largest absolute Gasteiger partial charge is 0 e. The monoisotopic (exact) mass is 968 g/mol. The van der Waals surface area contributed by atoms with Crippen molar-refractivity contribution in [1.82, 2.24) is 9.55 Å². The first-order valence-corrected chi connectivity index (χ1v) is 26.9. The fourth-order valence-electron chi connectivity index (χ4n) is 7.38. The molecule has 6 heteroatoms. The van der Waals surface area contributed by atoms with Gasteiger partial charge in [0.15, 0.2) is 5.78 Å². The first-order chi connectivity index (χ1) is 26.1. The molecule has 0 aliphatic carbocycles. The summed E-state index contributed by atoms with van der Waals surface area (Å²) in [6, 6.07) is 47.1. The van der Waals surface area contributed by atoms with Crippen molar-refractivity contribution in [2.24, 2.45) is 11.8 Å². The van der Waals surface area contributed by atoms with Crippen LogP contribution in [0.25, 0.3) is 60.8 Å². The number of carbonyl (C=O) groups is 1. The van der Waals surface area contributed by atoms with Crippen LogP contribution < -0.4 is 4.40 Å². The zero-order valence-electron chi connectivity index (χ0n) is 33.2. The number of aromatic nitrogens is 2. The number of carbonyl (C=O) groups excluding carboxylic acids is 1. The van der Waals surface area contributed by atoms with Crippen LogP contribution in [0.15, 0.2) is 133 Å². The topological polar surface area (TPSA) is 55.1 Å². The van der Waals surface area contributed by atoms with Crippen LogP contribution in [-0.4, -0.2) is 33.7 Å². The van der Waals surface area contributed by atoms with Gasteiger partial charge in [0.1, 0.15) is 0 Å². The minimum Gasteiger partial charge on any atom is 0 e. The molecule has 0 saturated heterocycles. The van der Waals surface area contributed by atoms with Crippen LogP contribution in [0.5, 0.6) is 0 Å². The summed E-state index contributed by atoms with van der Waals surface area (Å²) in [7, 11) is 0. The number of benzene rings is 5. The quantitative estimate of drug-likeness (QED) is 0.0608. The fraction of sp³-hybridized carbons (Fsp3) is 0.265. The minimum absolute atomic E-state index is 0. The molecule has 2 heterocycles. The maximum atomic E-state index is 11.7. The summed E-state index contributed by atoms with van der Waals surface area (Å²) in [5, 5.41) is 13.4. The number of allylic oxidation sites excluding steroid dienone is 2. The number of pyridine rings is 1. The van der Waals surface area contributed by atoms with Crippen LogP contribution in [0.3, 0.4) is 0 Å². The molecule has 1 radical (unpaired) electrons. The number of hydrogen-bond acceptors (Lipinski definition) is 3. The van der Waals surface area contributed by atoms with E-state index < -0.39 is 13.3 Å².